The number of benzene rings is 1. The second kappa shape index (κ2) is 9.18. The molecule has 0 aliphatic carbocycles. The van der Waals surface area contributed by atoms with Crippen molar-refractivity contribution < 1.29 is 9.53 Å². The van der Waals surface area contributed by atoms with E-state index in [-0.39, 0.29) is 23.8 Å². The molecule has 0 bridgehead atoms. The van der Waals surface area contributed by atoms with Crippen LogP contribution in [0, 0.1) is 6.92 Å². The van der Waals surface area contributed by atoms with Crippen LogP contribution in [0.15, 0.2) is 41.2 Å². The molecule has 0 aliphatic rings. The number of rotatable bonds is 8. The fourth-order valence-corrected chi connectivity index (χ4v) is 2.97. The first-order valence-corrected chi connectivity index (χ1v) is 9.67. The molecule has 0 aliphatic heterocycles. The van der Waals surface area contributed by atoms with Gasteiger partial charge in [0.25, 0.3) is 5.56 Å². The summed E-state index contributed by atoms with van der Waals surface area (Å²) >= 11 is 0. The quantitative estimate of drug-likeness (QED) is 0.611. The number of carbonyl (C=O) groups is 1. The number of nitrogens with zero attached hydrogens (tertiary/aromatic N) is 3. The third kappa shape index (κ3) is 5.31. The third-order valence-electron chi connectivity index (χ3n) is 4.19. The highest BCUT2D eigenvalue weighted by atomic mass is 16.5. The lowest BCUT2D eigenvalue weighted by atomic mass is 10.1. The minimum absolute atomic E-state index is 0.192. The first-order chi connectivity index (χ1) is 14.0. The molecule has 0 spiro atoms. The van der Waals surface area contributed by atoms with Crippen LogP contribution in [0.3, 0.4) is 0 Å². The van der Waals surface area contributed by atoms with Gasteiger partial charge in [-0.3, -0.25) is 14.6 Å². The molecule has 0 saturated heterocycles. The Morgan fingerprint density at radius 1 is 1.21 bits per heavy atom. The van der Waals surface area contributed by atoms with Gasteiger partial charge in [-0.25, -0.2) is 4.98 Å². The van der Waals surface area contributed by atoms with Crippen molar-refractivity contribution in [3.05, 3.63) is 63.7 Å². The number of aromatic amines is 1. The summed E-state index contributed by atoms with van der Waals surface area (Å²) in [5.74, 6) is 1.32. The lowest BCUT2D eigenvalue weighted by molar-refractivity contribution is -0.115. The maximum absolute atomic E-state index is 12.5. The SMILES string of the molecule is CCCc1cc(=O)[nH]c(-n2nc(C)cc2NC(=O)Cc2ccc(OCC)cc2)n1. The Bertz CT molecular complexity index is 1040. The van der Waals surface area contributed by atoms with Gasteiger partial charge in [-0.2, -0.15) is 9.78 Å². The number of carbonyl (C=O) groups excluding carboxylic acids is 1. The second-order valence-electron chi connectivity index (χ2n) is 6.70. The highest BCUT2D eigenvalue weighted by molar-refractivity contribution is 5.91. The molecular weight excluding hydrogens is 370 g/mol. The molecular formula is C21H25N5O3. The van der Waals surface area contributed by atoms with Gasteiger partial charge in [0.05, 0.1) is 18.7 Å². The molecule has 0 fully saturated rings. The van der Waals surface area contributed by atoms with Crippen LogP contribution >= 0.6 is 0 Å². The van der Waals surface area contributed by atoms with Gasteiger partial charge in [0.1, 0.15) is 11.6 Å². The van der Waals surface area contributed by atoms with Crippen molar-refractivity contribution in [1.29, 1.82) is 0 Å². The molecule has 1 aromatic carbocycles. The van der Waals surface area contributed by atoms with Gasteiger partial charge in [-0.05, 0) is 38.0 Å². The fourth-order valence-electron chi connectivity index (χ4n) is 2.97. The Balaban J connectivity index is 1.78. The molecule has 3 rings (SSSR count). The molecule has 29 heavy (non-hydrogen) atoms. The highest BCUT2D eigenvalue weighted by Gasteiger charge is 2.14. The van der Waals surface area contributed by atoms with Crippen LogP contribution in [-0.4, -0.2) is 32.3 Å². The first-order valence-electron chi connectivity index (χ1n) is 9.67. The van der Waals surface area contributed by atoms with Gasteiger partial charge in [0.15, 0.2) is 0 Å². The third-order valence-corrected chi connectivity index (χ3v) is 4.19. The standard InChI is InChI=1S/C21H25N5O3/c1-4-6-16-13-20(28)24-21(22-16)26-18(11-14(3)25-26)23-19(27)12-15-7-9-17(10-8-15)29-5-2/h7-11,13H,4-6,12H2,1-3H3,(H,23,27)(H,22,24,28). The number of amides is 1. The van der Waals surface area contributed by atoms with E-state index in [1.807, 2.05) is 45.0 Å². The number of ether oxygens (including phenoxy) is 1. The van der Waals surface area contributed by atoms with Crippen molar-refractivity contribution in [1.82, 2.24) is 19.7 Å². The summed E-state index contributed by atoms with van der Waals surface area (Å²) in [6, 6.07) is 10.6. The molecule has 8 heteroatoms. The van der Waals surface area contributed by atoms with E-state index in [0.717, 1.165) is 17.7 Å². The molecule has 0 radical (unpaired) electrons. The molecule has 0 saturated carbocycles. The van der Waals surface area contributed by atoms with Crippen molar-refractivity contribution in [2.75, 3.05) is 11.9 Å². The fraction of sp³-hybridized carbons (Fsp3) is 0.333. The van der Waals surface area contributed by atoms with Crippen LogP contribution < -0.4 is 15.6 Å². The van der Waals surface area contributed by atoms with Crippen molar-refractivity contribution in [2.45, 2.75) is 40.0 Å². The Labute approximate surface area is 168 Å². The molecule has 152 valence electrons. The number of aromatic nitrogens is 4. The van der Waals surface area contributed by atoms with Gasteiger partial charge in [-0.1, -0.05) is 25.5 Å². The van der Waals surface area contributed by atoms with Crippen LogP contribution in [0.25, 0.3) is 5.95 Å². The Morgan fingerprint density at radius 3 is 2.66 bits per heavy atom. The van der Waals surface area contributed by atoms with E-state index in [1.165, 1.54) is 10.7 Å². The minimum atomic E-state index is -0.252. The average Bonchev–Trinajstić information content (AvgIpc) is 3.03. The van der Waals surface area contributed by atoms with E-state index in [0.29, 0.717) is 30.2 Å². The molecule has 3 aromatic rings. The largest absolute Gasteiger partial charge is 0.494 e. The smallest absolute Gasteiger partial charge is 0.252 e. The van der Waals surface area contributed by atoms with Gasteiger partial charge >= 0.3 is 0 Å². The average molecular weight is 395 g/mol. The molecule has 2 aromatic heterocycles. The van der Waals surface area contributed by atoms with E-state index in [1.54, 1.807) is 6.07 Å². The Morgan fingerprint density at radius 2 is 1.97 bits per heavy atom. The van der Waals surface area contributed by atoms with E-state index < -0.39 is 0 Å². The Hall–Kier alpha value is -3.42. The van der Waals surface area contributed by atoms with Gasteiger partial charge in [0, 0.05) is 17.8 Å². The summed E-state index contributed by atoms with van der Waals surface area (Å²) in [5.41, 5.74) is 2.00. The van der Waals surface area contributed by atoms with Crippen molar-refractivity contribution in [3.63, 3.8) is 0 Å². The zero-order chi connectivity index (χ0) is 20.8. The zero-order valence-corrected chi connectivity index (χ0v) is 16.9. The summed E-state index contributed by atoms with van der Waals surface area (Å²) in [6.45, 7) is 6.35. The number of anilines is 1. The van der Waals surface area contributed by atoms with E-state index in [9.17, 15) is 9.59 Å². The second-order valence-corrected chi connectivity index (χ2v) is 6.70. The lowest BCUT2D eigenvalue weighted by Gasteiger charge is -2.09. The molecule has 1 amide bonds. The highest BCUT2D eigenvalue weighted by Crippen LogP contribution is 2.16. The van der Waals surface area contributed by atoms with Gasteiger partial charge in [-0.15, -0.1) is 0 Å². The van der Waals surface area contributed by atoms with Crippen LogP contribution in [-0.2, 0) is 17.6 Å². The summed E-state index contributed by atoms with van der Waals surface area (Å²) in [4.78, 5) is 31.7. The number of hydrogen-bond donors (Lipinski definition) is 2. The maximum atomic E-state index is 12.5. The van der Waals surface area contributed by atoms with Crippen molar-refractivity contribution >= 4 is 11.7 Å². The summed E-state index contributed by atoms with van der Waals surface area (Å²) in [6.07, 6.45) is 1.77. The minimum Gasteiger partial charge on any atom is -0.494 e. The number of H-pyrrole nitrogens is 1. The summed E-state index contributed by atoms with van der Waals surface area (Å²) < 4.78 is 6.87. The Kier molecular flexibility index (Phi) is 6.43. The molecule has 2 N–H and O–H groups in total. The van der Waals surface area contributed by atoms with Gasteiger partial charge in [0.2, 0.25) is 11.9 Å². The summed E-state index contributed by atoms with van der Waals surface area (Å²) in [7, 11) is 0. The van der Waals surface area contributed by atoms with Crippen molar-refractivity contribution in [2.24, 2.45) is 0 Å². The molecule has 8 nitrogen and oxygen atoms in total. The van der Waals surface area contributed by atoms with Crippen LogP contribution in [0.4, 0.5) is 5.82 Å². The van der Waals surface area contributed by atoms with Crippen LogP contribution in [0.1, 0.15) is 37.2 Å². The molecule has 2 heterocycles. The van der Waals surface area contributed by atoms with Crippen LogP contribution in [0.5, 0.6) is 5.75 Å². The number of nitrogens with one attached hydrogen (secondary N) is 2. The summed E-state index contributed by atoms with van der Waals surface area (Å²) in [5, 5.41) is 7.23. The zero-order valence-electron chi connectivity index (χ0n) is 16.9. The predicted molar refractivity (Wildman–Crippen MR) is 111 cm³/mol. The molecule has 0 unspecified atom stereocenters. The maximum Gasteiger partial charge on any atom is 0.252 e. The van der Waals surface area contributed by atoms with Crippen LogP contribution in [0.2, 0.25) is 0 Å². The predicted octanol–water partition coefficient (Wildman–Crippen LogP) is 2.80. The number of aryl methyl sites for hydroxylation is 2. The molecule has 0 atom stereocenters. The number of hydrogen-bond acceptors (Lipinski definition) is 5. The van der Waals surface area contributed by atoms with E-state index >= 15 is 0 Å². The monoisotopic (exact) mass is 395 g/mol. The van der Waals surface area contributed by atoms with E-state index in [2.05, 4.69) is 20.4 Å². The van der Waals surface area contributed by atoms with Gasteiger partial charge < -0.3 is 10.1 Å². The topological polar surface area (TPSA) is 102 Å². The lowest BCUT2D eigenvalue weighted by Crippen LogP contribution is -2.20. The van der Waals surface area contributed by atoms with Crippen molar-refractivity contribution in [3.8, 4) is 11.7 Å². The first kappa shape index (κ1) is 20.3. The normalized spacial score (nSPS) is 10.7. The van der Waals surface area contributed by atoms with E-state index in [4.69, 9.17) is 4.74 Å².